The van der Waals surface area contributed by atoms with E-state index in [0.29, 0.717) is 5.92 Å². The predicted molar refractivity (Wildman–Crippen MR) is 75.6 cm³/mol. The molecular weight excluding hydrogens is 224 g/mol. The summed E-state index contributed by atoms with van der Waals surface area (Å²) in [4.78, 5) is 11.8. The van der Waals surface area contributed by atoms with Crippen molar-refractivity contribution in [3.63, 3.8) is 0 Å². The van der Waals surface area contributed by atoms with Gasteiger partial charge in [-0.25, -0.2) is 4.79 Å². The van der Waals surface area contributed by atoms with Crippen LogP contribution in [0.25, 0.3) is 0 Å². The molecule has 1 rings (SSSR count). The van der Waals surface area contributed by atoms with Gasteiger partial charge in [-0.05, 0) is 37.8 Å². The van der Waals surface area contributed by atoms with Crippen LogP contribution in [0.4, 0.5) is 4.79 Å². The van der Waals surface area contributed by atoms with Crippen molar-refractivity contribution in [3.05, 3.63) is 35.4 Å². The van der Waals surface area contributed by atoms with Gasteiger partial charge in [-0.15, -0.1) is 0 Å². The van der Waals surface area contributed by atoms with Crippen molar-refractivity contribution in [2.45, 2.75) is 46.7 Å². The molecule has 2 atom stereocenters. The number of nitrogens with one attached hydrogen (secondary N) is 2. The molecule has 0 saturated carbocycles. The number of hydrogen-bond acceptors (Lipinski definition) is 1. The number of carbonyl (C=O) groups excluding carboxylic acids is 1. The molecule has 0 saturated heterocycles. The van der Waals surface area contributed by atoms with E-state index in [1.807, 2.05) is 32.0 Å². The lowest BCUT2D eigenvalue weighted by Gasteiger charge is -2.21. The second-order valence-corrected chi connectivity index (χ2v) is 5.23. The maximum atomic E-state index is 11.8. The van der Waals surface area contributed by atoms with Gasteiger partial charge in [0.1, 0.15) is 0 Å². The van der Waals surface area contributed by atoms with Crippen LogP contribution < -0.4 is 10.6 Å². The average Bonchev–Trinajstić information content (AvgIpc) is 2.28. The van der Waals surface area contributed by atoms with Crippen molar-refractivity contribution >= 4 is 6.03 Å². The van der Waals surface area contributed by atoms with Crippen molar-refractivity contribution in [1.29, 1.82) is 0 Å². The predicted octanol–water partition coefficient (Wildman–Crippen LogP) is 3.40. The van der Waals surface area contributed by atoms with Crippen LogP contribution in [0.3, 0.4) is 0 Å². The normalized spacial score (nSPS) is 14.1. The molecule has 18 heavy (non-hydrogen) atoms. The minimum Gasteiger partial charge on any atom is -0.335 e. The standard InChI is InChI=1S/C15H24N2O/c1-10(2)12(4)16-15(18)17-13(5)14-9-7-6-8-11(14)3/h6-10,12-13H,1-5H3,(H2,16,17,18). The summed E-state index contributed by atoms with van der Waals surface area (Å²) in [5.74, 6) is 0.435. The Morgan fingerprint density at radius 1 is 1.06 bits per heavy atom. The molecule has 1 aromatic carbocycles. The van der Waals surface area contributed by atoms with Gasteiger partial charge >= 0.3 is 6.03 Å². The molecule has 100 valence electrons. The first-order chi connectivity index (χ1) is 8.41. The summed E-state index contributed by atoms with van der Waals surface area (Å²) >= 11 is 0. The molecule has 2 amide bonds. The maximum Gasteiger partial charge on any atom is 0.315 e. The van der Waals surface area contributed by atoms with E-state index >= 15 is 0 Å². The van der Waals surface area contributed by atoms with Gasteiger partial charge in [0.15, 0.2) is 0 Å². The Hall–Kier alpha value is -1.51. The van der Waals surface area contributed by atoms with E-state index in [-0.39, 0.29) is 18.1 Å². The molecule has 0 spiro atoms. The third kappa shape index (κ3) is 4.06. The fraction of sp³-hybridized carbons (Fsp3) is 0.533. The van der Waals surface area contributed by atoms with E-state index < -0.39 is 0 Å². The summed E-state index contributed by atoms with van der Waals surface area (Å²) in [7, 11) is 0. The van der Waals surface area contributed by atoms with Crippen molar-refractivity contribution < 1.29 is 4.79 Å². The van der Waals surface area contributed by atoms with Crippen molar-refractivity contribution in [2.24, 2.45) is 5.92 Å². The van der Waals surface area contributed by atoms with Crippen LogP contribution in [-0.4, -0.2) is 12.1 Å². The lowest BCUT2D eigenvalue weighted by atomic mass is 10.0. The second kappa shape index (κ2) is 6.43. The summed E-state index contributed by atoms with van der Waals surface area (Å²) in [6, 6.07) is 8.20. The third-order valence-electron chi connectivity index (χ3n) is 3.36. The SMILES string of the molecule is Cc1ccccc1C(C)NC(=O)NC(C)C(C)C. The van der Waals surface area contributed by atoms with Gasteiger partial charge < -0.3 is 10.6 Å². The number of urea groups is 1. The highest BCUT2D eigenvalue weighted by molar-refractivity contribution is 5.74. The topological polar surface area (TPSA) is 41.1 Å². The van der Waals surface area contributed by atoms with Gasteiger partial charge in [0.05, 0.1) is 6.04 Å². The van der Waals surface area contributed by atoms with Gasteiger partial charge in [0, 0.05) is 6.04 Å². The molecule has 3 heteroatoms. The zero-order valence-electron chi connectivity index (χ0n) is 11.9. The number of aryl methyl sites for hydroxylation is 1. The Bertz CT molecular complexity index is 401. The minimum absolute atomic E-state index is 0.0190. The van der Waals surface area contributed by atoms with Gasteiger partial charge in [-0.1, -0.05) is 38.1 Å². The first-order valence-electron chi connectivity index (χ1n) is 6.54. The molecule has 0 aliphatic heterocycles. The smallest absolute Gasteiger partial charge is 0.315 e. The van der Waals surface area contributed by atoms with E-state index in [1.165, 1.54) is 5.56 Å². The molecule has 1 aromatic rings. The molecule has 0 fully saturated rings. The highest BCUT2D eigenvalue weighted by Crippen LogP contribution is 2.16. The van der Waals surface area contributed by atoms with Crippen LogP contribution in [0.15, 0.2) is 24.3 Å². The largest absolute Gasteiger partial charge is 0.335 e. The van der Waals surface area contributed by atoms with Crippen LogP contribution in [0, 0.1) is 12.8 Å². The molecular formula is C15H24N2O. The van der Waals surface area contributed by atoms with E-state index in [1.54, 1.807) is 0 Å². The molecule has 0 aliphatic rings. The Morgan fingerprint density at radius 2 is 1.67 bits per heavy atom. The summed E-state index contributed by atoms with van der Waals surface area (Å²) in [5.41, 5.74) is 2.35. The monoisotopic (exact) mass is 248 g/mol. The van der Waals surface area contributed by atoms with E-state index in [9.17, 15) is 4.79 Å². The highest BCUT2D eigenvalue weighted by Gasteiger charge is 2.14. The number of carbonyl (C=O) groups is 1. The van der Waals surface area contributed by atoms with Gasteiger partial charge in [-0.3, -0.25) is 0 Å². The quantitative estimate of drug-likeness (QED) is 0.842. The molecule has 2 unspecified atom stereocenters. The fourth-order valence-electron chi connectivity index (χ4n) is 1.76. The third-order valence-corrected chi connectivity index (χ3v) is 3.36. The zero-order valence-corrected chi connectivity index (χ0v) is 11.9. The molecule has 0 aromatic heterocycles. The summed E-state index contributed by atoms with van der Waals surface area (Å²) in [6.45, 7) is 10.3. The van der Waals surface area contributed by atoms with Gasteiger partial charge in [0.2, 0.25) is 0 Å². The fourth-order valence-corrected chi connectivity index (χ4v) is 1.76. The van der Waals surface area contributed by atoms with Gasteiger partial charge in [0.25, 0.3) is 0 Å². The lowest BCUT2D eigenvalue weighted by molar-refractivity contribution is 0.231. The highest BCUT2D eigenvalue weighted by atomic mass is 16.2. The van der Waals surface area contributed by atoms with Crippen LogP contribution in [0.1, 0.15) is 44.9 Å². The Labute approximate surface area is 110 Å². The first-order valence-corrected chi connectivity index (χ1v) is 6.54. The van der Waals surface area contributed by atoms with Crippen molar-refractivity contribution in [3.8, 4) is 0 Å². The Kier molecular flexibility index (Phi) is 5.20. The number of rotatable bonds is 4. The molecule has 0 heterocycles. The first kappa shape index (κ1) is 14.6. The minimum atomic E-state index is -0.105. The van der Waals surface area contributed by atoms with E-state index in [2.05, 4.69) is 37.5 Å². The molecule has 0 aliphatic carbocycles. The van der Waals surface area contributed by atoms with Crippen LogP contribution in [0.2, 0.25) is 0 Å². The van der Waals surface area contributed by atoms with E-state index in [4.69, 9.17) is 0 Å². The molecule has 3 nitrogen and oxygen atoms in total. The molecule has 0 bridgehead atoms. The zero-order chi connectivity index (χ0) is 13.7. The Morgan fingerprint density at radius 3 is 2.22 bits per heavy atom. The number of amides is 2. The maximum absolute atomic E-state index is 11.8. The molecule has 0 radical (unpaired) electrons. The molecule has 2 N–H and O–H groups in total. The van der Waals surface area contributed by atoms with E-state index in [0.717, 1.165) is 5.56 Å². The van der Waals surface area contributed by atoms with Crippen LogP contribution >= 0.6 is 0 Å². The average molecular weight is 248 g/mol. The number of benzene rings is 1. The van der Waals surface area contributed by atoms with Crippen LogP contribution in [0.5, 0.6) is 0 Å². The second-order valence-electron chi connectivity index (χ2n) is 5.23. The van der Waals surface area contributed by atoms with Crippen molar-refractivity contribution in [1.82, 2.24) is 10.6 Å². The number of hydrogen-bond donors (Lipinski definition) is 2. The lowest BCUT2D eigenvalue weighted by Crippen LogP contribution is -2.43. The summed E-state index contributed by atoms with van der Waals surface area (Å²) in [5, 5.41) is 5.92. The van der Waals surface area contributed by atoms with Crippen molar-refractivity contribution in [2.75, 3.05) is 0 Å². The summed E-state index contributed by atoms with van der Waals surface area (Å²) < 4.78 is 0. The van der Waals surface area contributed by atoms with Crippen LogP contribution in [-0.2, 0) is 0 Å². The summed E-state index contributed by atoms with van der Waals surface area (Å²) in [6.07, 6.45) is 0. The Balaban J connectivity index is 2.58. The van der Waals surface area contributed by atoms with Gasteiger partial charge in [-0.2, -0.15) is 0 Å².